The lowest BCUT2D eigenvalue weighted by Gasteiger charge is -2.40. The van der Waals surface area contributed by atoms with Gasteiger partial charge in [-0.2, -0.15) is 0 Å². The van der Waals surface area contributed by atoms with Gasteiger partial charge in [0.1, 0.15) is 24.4 Å². The number of amides is 1. The molecule has 1 aliphatic heterocycles. The van der Waals surface area contributed by atoms with Gasteiger partial charge in [-0.15, -0.1) is 0 Å². The fraction of sp³-hybridized carbons (Fsp3) is 0.952. The third-order valence-electron chi connectivity index (χ3n) is 15.4. The molecule has 6 N–H and O–H groups in total. The standard InChI is InChI=1S/C62H121NO8/c1-3-5-7-9-11-13-15-17-19-21-23-24-25-26-27-28-29-30-31-32-34-36-38-40-42-44-46-48-50-52-58(66)63-55(54-70-62-61(69)60(68)59(67)57(53-64)71-62)56(65)51-49-47-45-43-41-39-37-35-33-22-20-18-16-14-12-10-8-6-4-2/h26-27,55-57,59-62,64-65,67-69H,3-25,28-54H2,1-2H3,(H,63,66)/b27-26-. The zero-order chi connectivity index (χ0) is 51.5. The summed E-state index contributed by atoms with van der Waals surface area (Å²) in [4.78, 5) is 13.1. The van der Waals surface area contributed by atoms with Gasteiger partial charge in [0, 0.05) is 6.42 Å². The minimum atomic E-state index is -1.55. The van der Waals surface area contributed by atoms with Gasteiger partial charge in [-0.1, -0.05) is 289 Å². The highest BCUT2D eigenvalue weighted by molar-refractivity contribution is 5.76. The first-order chi connectivity index (χ1) is 34.8. The van der Waals surface area contributed by atoms with Crippen molar-refractivity contribution in [1.29, 1.82) is 0 Å². The zero-order valence-corrected chi connectivity index (χ0v) is 47.0. The number of allylic oxidation sites excluding steroid dienone is 2. The van der Waals surface area contributed by atoms with Crippen molar-refractivity contribution < 1.29 is 39.8 Å². The van der Waals surface area contributed by atoms with Crippen LogP contribution >= 0.6 is 0 Å². The van der Waals surface area contributed by atoms with Gasteiger partial charge in [-0.25, -0.2) is 0 Å². The van der Waals surface area contributed by atoms with Gasteiger partial charge in [0.05, 0.1) is 25.4 Å². The minimum absolute atomic E-state index is 0.133. The lowest BCUT2D eigenvalue weighted by Crippen LogP contribution is -2.60. The highest BCUT2D eigenvalue weighted by Crippen LogP contribution is 2.23. The molecule has 1 saturated heterocycles. The maximum absolute atomic E-state index is 13.1. The van der Waals surface area contributed by atoms with Crippen LogP contribution in [0.1, 0.15) is 322 Å². The van der Waals surface area contributed by atoms with Gasteiger partial charge in [-0.3, -0.25) is 4.79 Å². The van der Waals surface area contributed by atoms with Crippen molar-refractivity contribution in [1.82, 2.24) is 5.32 Å². The molecule has 0 saturated carbocycles. The quantitative estimate of drug-likeness (QED) is 0.0261. The average molecular weight is 1010 g/mol. The van der Waals surface area contributed by atoms with Crippen molar-refractivity contribution in [2.45, 2.75) is 365 Å². The smallest absolute Gasteiger partial charge is 0.220 e. The SMILES string of the molecule is CCCCCCCCCCCCCC/C=C\CCCCCCCCCCCCCCCC(=O)NC(COC1OC(CO)C(O)C(O)C1O)C(O)CCCCCCCCCCCCCCCCCCCCC. The van der Waals surface area contributed by atoms with Gasteiger partial charge in [0.2, 0.25) is 5.91 Å². The summed E-state index contributed by atoms with van der Waals surface area (Å²) in [7, 11) is 0. The number of unbranched alkanes of at least 4 members (excludes halogenated alkanes) is 43. The molecule has 1 fully saturated rings. The molecule has 0 bridgehead atoms. The molecule has 7 atom stereocenters. The predicted molar refractivity (Wildman–Crippen MR) is 300 cm³/mol. The van der Waals surface area contributed by atoms with Gasteiger partial charge in [0.15, 0.2) is 6.29 Å². The first-order valence-electron chi connectivity index (χ1n) is 31.4. The molecule has 422 valence electrons. The van der Waals surface area contributed by atoms with E-state index in [0.29, 0.717) is 12.8 Å². The predicted octanol–water partition coefficient (Wildman–Crippen LogP) is 16.0. The van der Waals surface area contributed by atoms with Crippen LogP contribution in [0.2, 0.25) is 0 Å². The molecule has 0 aromatic carbocycles. The van der Waals surface area contributed by atoms with E-state index >= 15 is 0 Å². The molecule has 1 aliphatic rings. The normalized spacial score (nSPS) is 19.2. The molecule has 7 unspecified atom stereocenters. The molecular weight excluding hydrogens is 887 g/mol. The maximum atomic E-state index is 13.1. The van der Waals surface area contributed by atoms with Gasteiger partial charge < -0.3 is 40.3 Å². The second-order valence-corrected chi connectivity index (χ2v) is 22.2. The summed E-state index contributed by atoms with van der Waals surface area (Å²) >= 11 is 0. The topological polar surface area (TPSA) is 149 Å². The minimum Gasteiger partial charge on any atom is -0.394 e. The van der Waals surface area contributed by atoms with E-state index in [0.717, 1.165) is 38.5 Å². The summed E-state index contributed by atoms with van der Waals surface area (Å²) in [5, 5.41) is 54.8. The molecule has 1 heterocycles. The molecule has 1 amide bonds. The fourth-order valence-corrected chi connectivity index (χ4v) is 10.4. The number of aliphatic hydroxyl groups is 5. The van der Waals surface area contributed by atoms with Crippen LogP contribution in [0.5, 0.6) is 0 Å². The fourth-order valence-electron chi connectivity index (χ4n) is 10.4. The van der Waals surface area contributed by atoms with Crippen LogP contribution < -0.4 is 5.32 Å². The van der Waals surface area contributed by atoms with Gasteiger partial charge in [0.25, 0.3) is 0 Å². The van der Waals surface area contributed by atoms with E-state index in [-0.39, 0.29) is 12.5 Å². The molecular formula is C62H121NO8. The Balaban J connectivity index is 2.14. The van der Waals surface area contributed by atoms with Crippen molar-refractivity contribution in [2.75, 3.05) is 13.2 Å². The van der Waals surface area contributed by atoms with Crippen molar-refractivity contribution >= 4 is 5.91 Å². The van der Waals surface area contributed by atoms with E-state index in [2.05, 4.69) is 31.3 Å². The molecule has 0 aromatic heterocycles. The van der Waals surface area contributed by atoms with Crippen molar-refractivity contribution in [3.8, 4) is 0 Å². The number of rotatable bonds is 55. The number of aliphatic hydroxyl groups excluding tert-OH is 5. The Morgan fingerprint density at radius 1 is 0.465 bits per heavy atom. The largest absolute Gasteiger partial charge is 0.394 e. The van der Waals surface area contributed by atoms with E-state index in [1.54, 1.807) is 0 Å². The third-order valence-corrected chi connectivity index (χ3v) is 15.4. The summed E-state index contributed by atoms with van der Waals surface area (Å²) in [6, 6.07) is -0.716. The molecule has 9 nitrogen and oxygen atoms in total. The Morgan fingerprint density at radius 3 is 1.14 bits per heavy atom. The highest BCUT2D eigenvalue weighted by atomic mass is 16.7. The van der Waals surface area contributed by atoms with Crippen LogP contribution in [-0.4, -0.2) is 87.5 Å². The number of ether oxygens (including phenoxy) is 2. The summed E-state index contributed by atoms with van der Waals surface area (Å²) in [6.45, 7) is 3.89. The Hall–Kier alpha value is -1.07. The molecule has 0 aliphatic carbocycles. The first-order valence-corrected chi connectivity index (χ1v) is 31.4. The van der Waals surface area contributed by atoms with Crippen LogP contribution in [0.15, 0.2) is 12.2 Å². The number of nitrogens with one attached hydrogen (secondary N) is 1. The average Bonchev–Trinajstić information content (AvgIpc) is 3.37. The monoisotopic (exact) mass is 1010 g/mol. The molecule has 9 heteroatoms. The van der Waals surface area contributed by atoms with Crippen molar-refractivity contribution in [3.63, 3.8) is 0 Å². The Labute approximate surface area is 439 Å². The van der Waals surface area contributed by atoms with Gasteiger partial charge in [-0.05, 0) is 38.5 Å². The second-order valence-electron chi connectivity index (χ2n) is 22.2. The van der Waals surface area contributed by atoms with Crippen LogP contribution in [-0.2, 0) is 14.3 Å². The molecule has 1 rings (SSSR count). The maximum Gasteiger partial charge on any atom is 0.220 e. The van der Waals surface area contributed by atoms with Crippen LogP contribution in [0.25, 0.3) is 0 Å². The Morgan fingerprint density at radius 2 is 0.789 bits per heavy atom. The van der Waals surface area contributed by atoms with Crippen LogP contribution in [0, 0.1) is 0 Å². The van der Waals surface area contributed by atoms with E-state index in [4.69, 9.17) is 9.47 Å². The summed E-state index contributed by atoms with van der Waals surface area (Å²) in [5.74, 6) is -0.138. The van der Waals surface area contributed by atoms with Crippen molar-refractivity contribution in [3.05, 3.63) is 12.2 Å². The van der Waals surface area contributed by atoms with E-state index < -0.39 is 49.5 Å². The summed E-state index contributed by atoms with van der Waals surface area (Å²) in [5.41, 5.74) is 0. The second kappa shape index (κ2) is 52.4. The molecule has 71 heavy (non-hydrogen) atoms. The number of hydrogen-bond donors (Lipinski definition) is 6. The Bertz CT molecular complexity index is 1120. The summed E-state index contributed by atoms with van der Waals surface area (Å²) in [6.07, 6.45) is 58.3. The van der Waals surface area contributed by atoms with Crippen molar-refractivity contribution in [2.24, 2.45) is 0 Å². The lowest BCUT2D eigenvalue weighted by atomic mass is 9.99. The van der Waals surface area contributed by atoms with Crippen LogP contribution in [0.4, 0.5) is 0 Å². The number of carbonyl (C=O) groups excluding carboxylic acids is 1. The molecule has 0 radical (unpaired) electrons. The Kier molecular flexibility index (Phi) is 50.1. The van der Waals surface area contributed by atoms with E-state index in [1.807, 2.05) is 0 Å². The number of carbonyl (C=O) groups is 1. The molecule has 0 aromatic rings. The summed E-state index contributed by atoms with van der Waals surface area (Å²) < 4.78 is 11.3. The molecule has 0 spiro atoms. The van der Waals surface area contributed by atoms with E-state index in [9.17, 15) is 30.3 Å². The first kappa shape index (κ1) is 67.9. The highest BCUT2D eigenvalue weighted by Gasteiger charge is 2.44. The third kappa shape index (κ3) is 41.8. The van der Waals surface area contributed by atoms with E-state index in [1.165, 1.54) is 257 Å². The lowest BCUT2D eigenvalue weighted by molar-refractivity contribution is -0.302. The zero-order valence-electron chi connectivity index (χ0n) is 47.0. The van der Waals surface area contributed by atoms with Gasteiger partial charge >= 0.3 is 0 Å². The van der Waals surface area contributed by atoms with Crippen LogP contribution in [0.3, 0.4) is 0 Å². The number of hydrogen-bond acceptors (Lipinski definition) is 8.